The number of nitrogens with zero attached hydrogens (tertiary/aromatic N) is 2. The van der Waals surface area contributed by atoms with E-state index in [0.29, 0.717) is 0 Å². The molecule has 1 aromatic rings. The zero-order chi connectivity index (χ0) is 10.7. The third-order valence-electron chi connectivity index (χ3n) is 1.82. The fourth-order valence-electron chi connectivity index (χ4n) is 1.02. The second-order valence-electron chi connectivity index (χ2n) is 3.05. The Labute approximate surface area is 87.6 Å². The maximum atomic E-state index is 11.2. The Bertz CT molecular complexity index is 359. The second kappa shape index (κ2) is 4.28. The van der Waals surface area contributed by atoms with E-state index in [0.717, 1.165) is 5.56 Å². The Morgan fingerprint density at radius 1 is 1.79 bits per heavy atom. The maximum Gasteiger partial charge on any atom is 0.262 e. The van der Waals surface area contributed by atoms with E-state index in [1.807, 2.05) is 20.2 Å². The maximum absolute atomic E-state index is 11.2. The Morgan fingerprint density at radius 2 is 2.43 bits per heavy atom. The van der Waals surface area contributed by atoms with Crippen molar-refractivity contribution >= 4 is 17.5 Å². The molecule has 0 saturated heterocycles. The summed E-state index contributed by atoms with van der Waals surface area (Å²) >= 11 is 5.44. The van der Waals surface area contributed by atoms with Gasteiger partial charge in [0.1, 0.15) is 0 Å². The van der Waals surface area contributed by atoms with Crippen molar-refractivity contribution in [2.24, 2.45) is 7.05 Å². The average molecular weight is 214 g/mol. The van der Waals surface area contributed by atoms with Gasteiger partial charge in [-0.1, -0.05) is 18.2 Å². The Kier molecular flexibility index (Phi) is 3.30. The van der Waals surface area contributed by atoms with Crippen LogP contribution in [0.4, 0.5) is 0 Å². The summed E-state index contributed by atoms with van der Waals surface area (Å²) in [5.74, 6) is -0.358. The standard InChI is InChI=1S/C9H12ClN3O/c1-6(10)9(14)12-7(2)8-4-11-13(3)5-8/h4-5,7H,1H2,2-3H3,(H,12,14). The van der Waals surface area contributed by atoms with Crippen molar-refractivity contribution in [2.75, 3.05) is 0 Å². The molecular weight excluding hydrogens is 202 g/mol. The van der Waals surface area contributed by atoms with Crippen molar-refractivity contribution in [3.05, 3.63) is 29.6 Å². The van der Waals surface area contributed by atoms with E-state index in [2.05, 4.69) is 17.0 Å². The van der Waals surface area contributed by atoms with Crippen LogP contribution in [0.25, 0.3) is 0 Å². The molecule has 1 unspecified atom stereocenters. The van der Waals surface area contributed by atoms with E-state index in [1.165, 1.54) is 0 Å². The number of hydrogen-bond acceptors (Lipinski definition) is 2. The molecule has 4 nitrogen and oxygen atoms in total. The number of nitrogens with one attached hydrogen (secondary N) is 1. The fourth-order valence-corrected chi connectivity index (χ4v) is 1.08. The van der Waals surface area contributed by atoms with E-state index in [-0.39, 0.29) is 17.0 Å². The van der Waals surface area contributed by atoms with Crippen molar-refractivity contribution in [1.29, 1.82) is 0 Å². The summed E-state index contributed by atoms with van der Waals surface area (Å²) in [6, 6.07) is -0.119. The summed E-state index contributed by atoms with van der Waals surface area (Å²) in [6.07, 6.45) is 3.53. The van der Waals surface area contributed by atoms with E-state index in [9.17, 15) is 4.79 Å². The van der Waals surface area contributed by atoms with Crippen LogP contribution in [0.5, 0.6) is 0 Å². The Hall–Kier alpha value is -1.29. The molecule has 0 spiro atoms. The van der Waals surface area contributed by atoms with Crippen molar-refractivity contribution in [3.8, 4) is 0 Å². The quantitative estimate of drug-likeness (QED) is 0.771. The number of aromatic nitrogens is 2. The van der Waals surface area contributed by atoms with Gasteiger partial charge in [-0.3, -0.25) is 9.48 Å². The number of aryl methyl sites for hydroxylation is 1. The number of carbonyl (C=O) groups is 1. The van der Waals surface area contributed by atoms with Crippen molar-refractivity contribution in [2.45, 2.75) is 13.0 Å². The van der Waals surface area contributed by atoms with Gasteiger partial charge in [-0.05, 0) is 6.92 Å². The molecular formula is C9H12ClN3O. The highest BCUT2D eigenvalue weighted by molar-refractivity contribution is 6.41. The topological polar surface area (TPSA) is 46.9 Å². The zero-order valence-electron chi connectivity index (χ0n) is 8.12. The van der Waals surface area contributed by atoms with Crippen LogP contribution in [-0.2, 0) is 11.8 Å². The van der Waals surface area contributed by atoms with Gasteiger partial charge in [0.25, 0.3) is 5.91 Å². The van der Waals surface area contributed by atoms with Gasteiger partial charge >= 0.3 is 0 Å². The van der Waals surface area contributed by atoms with Crippen LogP contribution in [-0.4, -0.2) is 15.7 Å². The van der Waals surface area contributed by atoms with E-state index in [4.69, 9.17) is 11.6 Å². The van der Waals surface area contributed by atoms with Gasteiger partial charge in [-0.25, -0.2) is 0 Å². The minimum atomic E-state index is -0.358. The molecule has 0 saturated carbocycles. The molecule has 0 aliphatic heterocycles. The normalized spacial score (nSPS) is 12.2. The molecule has 76 valence electrons. The molecule has 0 aromatic carbocycles. The molecule has 1 N–H and O–H groups in total. The highest BCUT2D eigenvalue weighted by Crippen LogP contribution is 2.11. The first kappa shape index (κ1) is 10.8. The van der Waals surface area contributed by atoms with Crippen molar-refractivity contribution < 1.29 is 4.79 Å². The average Bonchev–Trinajstić information content (AvgIpc) is 2.51. The second-order valence-corrected chi connectivity index (χ2v) is 3.50. The molecule has 1 rings (SSSR count). The molecule has 1 heterocycles. The molecule has 1 amide bonds. The van der Waals surface area contributed by atoms with Gasteiger partial charge in [0.2, 0.25) is 0 Å². The molecule has 0 bridgehead atoms. The lowest BCUT2D eigenvalue weighted by atomic mass is 10.2. The van der Waals surface area contributed by atoms with E-state index >= 15 is 0 Å². The van der Waals surface area contributed by atoms with Gasteiger partial charge < -0.3 is 5.32 Å². The lowest BCUT2D eigenvalue weighted by molar-refractivity contribution is -0.117. The Balaban J connectivity index is 2.63. The molecule has 0 aliphatic carbocycles. The van der Waals surface area contributed by atoms with Crippen LogP contribution in [0.1, 0.15) is 18.5 Å². The van der Waals surface area contributed by atoms with Crippen molar-refractivity contribution in [1.82, 2.24) is 15.1 Å². The SMILES string of the molecule is C=C(Cl)C(=O)NC(C)c1cnn(C)c1. The first-order chi connectivity index (χ1) is 6.50. The number of rotatable bonds is 3. The lowest BCUT2D eigenvalue weighted by Crippen LogP contribution is -2.26. The molecule has 0 fully saturated rings. The third-order valence-corrected chi connectivity index (χ3v) is 1.99. The van der Waals surface area contributed by atoms with Crippen LogP contribution in [0.15, 0.2) is 24.0 Å². The van der Waals surface area contributed by atoms with Crippen LogP contribution in [0.2, 0.25) is 0 Å². The minimum absolute atomic E-state index is 0.0132. The van der Waals surface area contributed by atoms with Gasteiger partial charge in [-0.15, -0.1) is 0 Å². The first-order valence-corrected chi connectivity index (χ1v) is 4.52. The fraction of sp³-hybridized carbons (Fsp3) is 0.333. The highest BCUT2D eigenvalue weighted by atomic mass is 35.5. The lowest BCUT2D eigenvalue weighted by Gasteiger charge is -2.10. The summed E-state index contributed by atoms with van der Waals surface area (Å²) in [5, 5.41) is 6.67. The summed E-state index contributed by atoms with van der Waals surface area (Å²) in [4.78, 5) is 11.2. The van der Waals surface area contributed by atoms with Gasteiger partial charge in [0.15, 0.2) is 0 Å². The number of amides is 1. The third kappa shape index (κ3) is 2.60. The molecule has 1 atom stereocenters. The molecule has 14 heavy (non-hydrogen) atoms. The molecule has 5 heteroatoms. The Morgan fingerprint density at radius 3 is 2.86 bits per heavy atom. The van der Waals surface area contributed by atoms with E-state index in [1.54, 1.807) is 10.9 Å². The summed E-state index contributed by atoms with van der Waals surface area (Å²) in [5.41, 5.74) is 0.929. The van der Waals surface area contributed by atoms with Crippen LogP contribution in [0, 0.1) is 0 Å². The molecule has 0 aliphatic rings. The van der Waals surface area contributed by atoms with Gasteiger partial charge in [0, 0.05) is 18.8 Å². The summed E-state index contributed by atoms with van der Waals surface area (Å²) in [6.45, 7) is 5.20. The van der Waals surface area contributed by atoms with Crippen molar-refractivity contribution in [3.63, 3.8) is 0 Å². The number of hydrogen-bond donors (Lipinski definition) is 1. The summed E-state index contributed by atoms with van der Waals surface area (Å²) < 4.78 is 1.67. The smallest absolute Gasteiger partial charge is 0.262 e. The number of carbonyl (C=O) groups excluding carboxylic acids is 1. The monoisotopic (exact) mass is 213 g/mol. The first-order valence-electron chi connectivity index (χ1n) is 4.14. The number of halogens is 1. The van der Waals surface area contributed by atoms with Crippen LogP contribution in [0.3, 0.4) is 0 Å². The zero-order valence-corrected chi connectivity index (χ0v) is 8.88. The van der Waals surface area contributed by atoms with Crippen LogP contribution < -0.4 is 5.32 Å². The minimum Gasteiger partial charge on any atom is -0.345 e. The van der Waals surface area contributed by atoms with Gasteiger partial charge in [-0.2, -0.15) is 5.10 Å². The summed E-state index contributed by atoms with van der Waals surface area (Å²) in [7, 11) is 1.82. The predicted octanol–water partition coefficient (Wildman–Crippen LogP) is 1.35. The predicted molar refractivity (Wildman–Crippen MR) is 54.8 cm³/mol. The molecule has 1 aromatic heterocycles. The largest absolute Gasteiger partial charge is 0.345 e. The van der Waals surface area contributed by atoms with E-state index < -0.39 is 0 Å². The molecule has 0 radical (unpaired) electrons. The highest BCUT2D eigenvalue weighted by Gasteiger charge is 2.11. The van der Waals surface area contributed by atoms with Crippen LogP contribution >= 0.6 is 11.6 Å². The van der Waals surface area contributed by atoms with Gasteiger partial charge in [0.05, 0.1) is 17.3 Å².